The van der Waals surface area contributed by atoms with Crippen LogP contribution in [0, 0.1) is 0 Å². The zero-order valence-electron chi connectivity index (χ0n) is 19.7. The molecule has 1 aliphatic heterocycles. The number of benzene rings is 3. The fourth-order valence-electron chi connectivity index (χ4n) is 3.43. The van der Waals surface area contributed by atoms with Gasteiger partial charge in [0.2, 0.25) is 5.91 Å². The molecule has 0 aromatic heterocycles. The second-order valence-corrected chi connectivity index (χ2v) is 8.90. The van der Waals surface area contributed by atoms with Crippen LogP contribution in [-0.2, 0) is 16.2 Å². The third kappa shape index (κ3) is 6.56. The summed E-state index contributed by atoms with van der Waals surface area (Å²) < 4.78 is 10.8. The van der Waals surface area contributed by atoms with Crippen molar-refractivity contribution in [3.05, 3.63) is 94.4 Å². The lowest BCUT2D eigenvalue weighted by Crippen LogP contribution is -2.36. The molecule has 3 aromatic rings. The number of thioether (sulfide) groups is 1. The fraction of sp³-hybridized carbons (Fsp3) is 0.111. The molecule has 4 rings (SSSR count). The SMILES string of the molecule is COc1ccc(NC(=O)CN2C(=O)S/C(=C/c3ccc(OCc4cccc(C(=O)O)c4)cc3)C2=O)cc1. The Bertz CT molecular complexity index is 1370. The number of nitrogens with zero attached hydrogens (tertiary/aromatic N) is 1. The molecule has 1 aliphatic rings. The average molecular weight is 519 g/mol. The summed E-state index contributed by atoms with van der Waals surface area (Å²) in [5.41, 5.74) is 2.09. The van der Waals surface area contributed by atoms with E-state index in [4.69, 9.17) is 14.6 Å². The quantitative estimate of drug-likeness (QED) is 0.393. The molecular formula is C27H22N2O7S. The minimum atomic E-state index is -1.01. The Balaban J connectivity index is 1.34. The van der Waals surface area contributed by atoms with E-state index in [9.17, 15) is 19.2 Å². The van der Waals surface area contributed by atoms with Gasteiger partial charge in [-0.2, -0.15) is 0 Å². The van der Waals surface area contributed by atoms with Crippen LogP contribution in [0.3, 0.4) is 0 Å². The molecule has 2 N–H and O–H groups in total. The smallest absolute Gasteiger partial charge is 0.335 e. The van der Waals surface area contributed by atoms with Gasteiger partial charge in [-0.3, -0.25) is 19.3 Å². The number of ether oxygens (including phenoxy) is 2. The van der Waals surface area contributed by atoms with Gasteiger partial charge in [0.05, 0.1) is 17.6 Å². The van der Waals surface area contributed by atoms with Crippen LogP contribution >= 0.6 is 11.8 Å². The maximum Gasteiger partial charge on any atom is 0.335 e. The van der Waals surface area contributed by atoms with E-state index in [1.165, 1.54) is 13.2 Å². The predicted molar refractivity (Wildman–Crippen MR) is 138 cm³/mol. The van der Waals surface area contributed by atoms with E-state index in [0.717, 1.165) is 16.7 Å². The number of carbonyl (C=O) groups excluding carboxylic acids is 3. The number of anilines is 1. The summed E-state index contributed by atoms with van der Waals surface area (Å²) in [5, 5.41) is 11.2. The molecule has 0 spiro atoms. The molecule has 10 heteroatoms. The van der Waals surface area contributed by atoms with Crippen LogP contribution in [0.15, 0.2) is 77.7 Å². The standard InChI is InChI=1S/C27H22N2O7S/c1-35-21-11-7-20(8-12-21)28-24(30)15-29-25(31)23(37-27(29)34)14-17-5-9-22(10-6-17)36-16-18-3-2-4-19(13-18)26(32)33/h2-14H,15-16H2,1H3,(H,28,30)(H,32,33)/b23-14+. The highest BCUT2D eigenvalue weighted by atomic mass is 32.2. The molecule has 9 nitrogen and oxygen atoms in total. The summed E-state index contributed by atoms with van der Waals surface area (Å²) in [7, 11) is 1.54. The van der Waals surface area contributed by atoms with E-state index in [1.807, 2.05) is 0 Å². The van der Waals surface area contributed by atoms with Crippen molar-refractivity contribution in [1.29, 1.82) is 0 Å². The first-order valence-corrected chi connectivity index (χ1v) is 11.9. The van der Waals surface area contributed by atoms with Crippen LogP contribution in [0.1, 0.15) is 21.5 Å². The summed E-state index contributed by atoms with van der Waals surface area (Å²) in [5.74, 6) is -0.850. The number of imide groups is 1. The summed E-state index contributed by atoms with van der Waals surface area (Å²) in [6, 6.07) is 20.0. The molecule has 3 amide bonds. The minimum Gasteiger partial charge on any atom is -0.497 e. The number of hydrogen-bond donors (Lipinski definition) is 2. The predicted octanol–water partition coefficient (Wildman–Crippen LogP) is 4.65. The number of amides is 3. The molecular weight excluding hydrogens is 496 g/mol. The molecule has 0 atom stereocenters. The first-order chi connectivity index (χ1) is 17.8. The van der Waals surface area contributed by atoms with Crippen molar-refractivity contribution in [2.24, 2.45) is 0 Å². The Hall–Kier alpha value is -4.57. The highest BCUT2D eigenvalue weighted by Crippen LogP contribution is 2.32. The second-order valence-electron chi connectivity index (χ2n) is 7.91. The second kappa shape index (κ2) is 11.4. The summed E-state index contributed by atoms with van der Waals surface area (Å²) in [6.07, 6.45) is 1.58. The van der Waals surface area contributed by atoms with Gasteiger partial charge in [-0.05, 0) is 77.5 Å². The average Bonchev–Trinajstić information content (AvgIpc) is 3.16. The molecule has 37 heavy (non-hydrogen) atoms. The molecule has 1 heterocycles. The highest BCUT2D eigenvalue weighted by molar-refractivity contribution is 8.18. The Morgan fingerprint density at radius 1 is 1.00 bits per heavy atom. The Morgan fingerprint density at radius 3 is 2.38 bits per heavy atom. The number of rotatable bonds is 9. The van der Waals surface area contributed by atoms with Crippen molar-refractivity contribution < 1.29 is 33.8 Å². The van der Waals surface area contributed by atoms with Gasteiger partial charge in [0.25, 0.3) is 11.1 Å². The lowest BCUT2D eigenvalue weighted by Gasteiger charge is -2.12. The third-order valence-electron chi connectivity index (χ3n) is 5.31. The van der Waals surface area contributed by atoms with E-state index in [0.29, 0.717) is 28.3 Å². The first kappa shape index (κ1) is 25.5. The van der Waals surface area contributed by atoms with Gasteiger partial charge in [0.1, 0.15) is 24.7 Å². The lowest BCUT2D eigenvalue weighted by molar-refractivity contribution is -0.127. The molecule has 1 fully saturated rings. The van der Waals surface area contributed by atoms with Gasteiger partial charge in [0.15, 0.2) is 0 Å². The number of hydrogen-bond acceptors (Lipinski definition) is 7. The van der Waals surface area contributed by atoms with Crippen LogP contribution < -0.4 is 14.8 Å². The topological polar surface area (TPSA) is 122 Å². The van der Waals surface area contributed by atoms with Gasteiger partial charge >= 0.3 is 5.97 Å². The zero-order chi connectivity index (χ0) is 26.4. The van der Waals surface area contributed by atoms with E-state index < -0.39 is 29.6 Å². The third-order valence-corrected chi connectivity index (χ3v) is 6.21. The van der Waals surface area contributed by atoms with Gasteiger partial charge < -0.3 is 19.9 Å². The van der Waals surface area contributed by atoms with Crippen LogP contribution in [0.2, 0.25) is 0 Å². The Labute approximate surface area is 216 Å². The van der Waals surface area contributed by atoms with E-state index in [-0.39, 0.29) is 17.1 Å². The van der Waals surface area contributed by atoms with Crippen molar-refractivity contribution in [1.82, 2.24) is 4.90 Å². The number of methoxy groups -OCH3 is 1. The van der Waals surface area contributed by atoms with Crippen molar-refractivity contribution in [3.63, 3.8) is 0 Å². The van der Waals surface area contributed by atoms with Crippen molar-refractivity contribution in [2.75, 3.05) is 19.0 Å². The van der Waals surface area contributed by atoms with E-state index >= 15 is 0 Å². The van der Waals surface area contributed by atoms with Crippen LogP contribution in [0.5, 0.6) is 11.5 Å². The van der Waals surface area contributed by atoms with E-state index in [1.54, 1.807) is 72.8 Å². The summed E-state index contributed by atoms with van der Waals surface area (Å²) in [4.78, 5) is 49.7. The molecule has 0 aliphatic carbocycles. The number of nitrogens with one attached hydrogen (secondary N) is 1. The fourth-order valence-corrected chi connectivity index (χ4v) is 4.27. The lowest BCUT2D eigenvalue weighted by atomic mass is 10.1. The van der Waals surface area contributed by atoms with Crippen LogP contribution in [0.4, 0.5) is 10.5 Å². The van der Waals surface area contributed by atoms with Crippen molar-refractivity contribution in [3.8, 4) is 11.5 Å². The normalized spacial score (nSPS) is 14.1. The molecule has 0 saturated carbocycles. The maximum absolute atomic E-state index is 12.7. The van der Waals surface area contributed by atoms with Crippen molar-refractivity contribution >= 4 is 46.5 Å². The van der Waals surface area contributed by atoms with Crippen molar-refractivity contribution in [2.45, 2.75) is 6.61 Å². The molecule has 0 radical (unpaired) electrons. The van der Waals surface area contributed by atoms with Gasteiger partial charge in [-0.25, -0.2) is 4.79 Å². The Morgan fingerprint density at radius 2 is 1.70 bits per heavy atom. The largest absolute Gasteiger partial charge is 0.497 e. The van der Waals surface area contributed by atoms with E-state index in [2.05, 4.69) is 5.32 Å². The van der Waals surface area contributed by atoms with Gasteiger partial charge in [0, 0.05) is 5.69 Å². The summed E-state index contributed by atoms with van der Waals surface area (Å²) in [6.45, 7) is -0.207. The summed E-state index contributed by atoms with van der Waals surface area (Å²) >= 11 is 0.768. The van der Waals surface area contributed by atoms with Crippen LogP contribution in [0.25, 0.3) is 6.08 Å². The molecule has 0 unspecified atom stereocenters. The van der Waals surface area contributed by atoms with Crippen LogP contribution in [-0.4, -0.2) is 46.7 Å². The molecule has 0 bridgehead atoms. The number of carbonyl (C=O) groups is 4. The minimum absolute atomic E-state index is 0.184. The number of carboxylic acids is 1. The molecule has 3 aromatic carbocycles. The number of aromatic carboxylic acids is 1. The Kier molecular flexibility index (Phi) is 7.89. The zero-order valence-corrected chi connectivity index (χ0v) is 20.5. The molecule has 188 valence electrons. The monoisotopic (exact) mass is 518 g/mol. The maximum atomic E-state index is 12.7. The van der Waals surface area contributed by atoms with Gasteiger partial charge in [-0.1, -0.05) is 24.3 Å². The molecule has 1 saturated heterocycles. The number of carboxylic acid groups (broad SMARTS) is 1. The van der Waals surface area contributed by atoms with Gasteiger partial charge in [-0.15, -0.1) is 0 Å². The first-order valence-electron chi connectivity index (χ1n) is 11.1. The highest BCUT2D eigenvalue weighted by Gasteiger charge is 2.36.